The third-order valence-electron chi connectivity index (χ3n) is 0.402. The Labute approximate surface area is 82.3 Å². The van der Waals surface area contributed by atoms with Gasteiger partial charge in [0.1, 0.15) is 0 Å². The molecule has 11 heavy (non-hydrogen) atoms. The Morgan fingerprint density at radius 1 is 0.909 bits per heavy atom. The monoisotopic (exact) mass is 430 g/mol. The maximum atomic E-state index is 10.2. The van der Waals surface area contributed by atoms with Gasteiger partial charge >= 0.3 is 82.9 Å². The van der Waals surface area contributed by atoms with Gasteiger partial charge in [-0.3, -0.25) is 0 Å². The summed E-state index contributed by atoms with van der Waals surface area (Å²) >= 11 is -2.72. The van der Waals surface area contributed by atoms with Gasteiger partial charge in [-0.15, -0.1) is 0 Å². The Balaban J connectivity index is 3.61. The molecule has 0 aliphatic carbocycles. The number of hydrogen-bond donors (Lipinski definition) is 4. The topological polar surface area (TPSA) is 115 Å². The van der Waals surface area contributed by atoms with E-state index in [2.05, 4.69) is 0 Å². The predicted octanol–water partition coefficient (Wildman–Crippen LogP) is -6.69. The fraction of sp³-hybridized carbons (Fsp3) is 1.00. The normalized spacial score (nSPS) is 14.2. The predicted molar refractivity (Wildman–Crippen MR) is 29.0 cm³/mol. The molecule has 0 radical (unpaired) electrons. The molecule has 0 fully saturated rings. The Bertz CT molecular complexity index is 181. The summed E-state index contributed by atoms with van der Waals surface area (Å²) in [6, 6.07) is 0. The second-order valence-corrected chi connectivity index (χ2v) is 19.7. The second kappa shape index (κ2) is 4.85. The van der Waals surface area contributed by atoms with Crippen molar-refractivity contribution in [1.82, 2.24) is 0 Å². The van der Waals surface area contributed by atoms with Gasteiger partial charge in [0.25, 0.3) is 0 Å². The van der Waals surface area contributed by atoms with Crippen LogP contribution >= 0.6 is 10.5 Å². The van der Waals surface area contributed by atoms with E-state index in [4.69, 9.17) is 19.6 Å². The van der Waals surface area contributed by atoms with Gasteiger partial charge in [0.15, 0.2) is 0 Å². The number of alkyl halides is 2. The van der Waals surface area contributed by atoms with Crippen LogP contribution in [-0.2, 0) is 9.13 Å². The van der Waals surface area contributed by atoms with Crippen LogP contribution in [0.1, 0.15) is 0 Å². The summed E-state index contributed by atoms with van der Waals surface area (Å²) < 4.78 is 20.5. The first-order valence-corrected chi connectivity index (χ1v) is 13.9. The molecule has 4 N–H and O–H groups in total. The third-order valence-corrected chi connectivity index (χ3v) is 18.5. The van der Waals surface area contributed by atoms with Gasteiger partial charge in [-0.25, -0.2) is 0 Å². The van der Waals surface area contributed by atoms with Crippen LogP contribution in [0.4, 0.5) is 0 Å². The van der Waals surface area contributed by atoms with Gasteiger partial charge in [0.2, 0.25) is 0 Å². The zero-order valence-electron chi connectivity index (χ0n) is 4.96. The zero-order valence-corrected chi connectivity index (χ0v) is 11.1. The standard InChI is InChI=1S/CH6I2O6P2/c4-10(5,6)2-1-3-11(7,8)9/h1H2,(H2,4,5,6)(H2,7,8,9)/q-2. The van der Waals surface area contributed by atoms with E-state index in [1.807, 2.05) is 0 Å². The minimum absolute atomic E-state index is 0.0618. The summed E-state index contributed by atoms with van der Waals surface area (Å²) in [5, 5.41) is -7.92. The minimum atomic E-state index is -3.96. The number of rotatable bonds is 4. The van der Waals surface area contributed by atoms with E-state index >= 15 is 0 Å². The van der Waals surface area contributed by atoms with Gasteiger partial charge in [-0.05, 0) is 0 Å². The molecule has 0 amide bonds. The van der Waals surface area contributed by atoms with Crippen molar-refractivity contribution in [2.75, 3.05) is 2.43 Å². The molecule has 0 spiro atoms. The Hall–Kier alpha value is 1.76. The van der Waals surface area contributed by atoms with Crippen molar-refractivity contribution in [1.29, 1.82) is 0 Å². The summed E-state index contributed by atoms with van der Waals surface area (Å²) in [4.78, 5) is 33.4. The van der Waals surface area contributed by atoms with Gasteiger partial charge in [0.05, 0.1) is 0 Å². The summed E-state index contributed by atoms with van der Waals surface area (Å²) in [5.41, 5.74) is 0. The summed E-state index contributed by atoms with van der Waals surface area (Å²) in [6.45, 7) is 0. The molecule has 10 heteroatoms. The quantitative estimate of drug-likeness (QED) is 0.201. The molecule has 6 nitrogen and oxygen atoms in total. The second-order valence-electron chi connectivity index (χ2n) is 1.29. The molecule has 0 atom stereocenters. The molecule has 0 rings (SSSR count). The van der Waals surface area contributed by atoms with Crippen LogP contribution in [0.25, 0.3) is 0 Å². The van der Waals surface area contributed by atoms with E-state index in [-0.39, 0.29) is 2.43 Å². The van der Waals surface area contributed by atoms with Crippen molar-refractivity contribution >= 4 is 10.5 Å². The molecule has 0 bridgehead atoms. The van der Waals surface area contributed by atoms with E-state index in [9.17, 15) is 9.13 Å². The first-order valence-electron chi connectivity index (χ1n) is 2.04. The van der Waals surface area contributed by atoms with E-state index in [1.165, 1.54) is 0 Å². The van der Waals surface area contributed by atoms with Crippen LogP contribution in [0.5, 0.6) is 0 Å². The first-order chi connectivity index (χ1) is 4.71. The van der Waals surface area contributed by atoms with Crippen molar-refractivity contribution in [3.05, 3.63) is 0 Å². The molecular weight excluding hydrogens is 424 g/mol. The van der Waals surface area contributed by atoms with E-state index in [1.54, 1.807) is 0 Å². The van der Waals surface area contributed by atoms with E-state index in [0.717, 1.165) is 0 Å². The average molecular weight is 430 g/mol. The number of hydrogen-bond acceptors (Lipinski definition) is 2. The van der Waals surface area contributed by atoms with Gasteiger partial charge < -0.3 is 0 Å². The molecule has 0 aliphatic heterocycles. The first kappa shape index (κ1) is 12.8. The zero-order chi connectivity index (χ0) is 9.12. The molecule has 0 saturated carbocycles. The molecule has 0 unspecified atom stereocenters. The molecule has 72 valence electrons. The summed E-state index contributed by atoms with van der Waals surface area (Å²) in [5.74, 6) is 0. The molecule has 0 aromatic carbocycles. The molecule has 0 aliphatic rings. The van der Waals surface area contributed by atoms with E-state index < -0.39 is 51.8 Å². The molecule has 0 saturated heterocycles. The SMILES string of the molecule is O=P(O)(O)[I-]C[I-]P(=O)(O)O. The molecule has 0 heterocycles. The summed E-state index contributed by atoms with van der Waals surface area (Å²) in [6.07, 6.45) is 0. The maximum absolute atomic E-state index is 10.2. The Morgan fingerprint density at radius 2 is 1.18 bits per heavy atom. The van der Waals surface area contributed by atoms with Gasteiger partial charge in [-0.1, -0.05) is 0 Å². The van der Waals surface area contributed by atoms with Crippen LogP contribution in [0.15, 0.2) is 0 Å². The molecule has 0 aromatic heterocycles. The van der Waals surface area contributed by atoms with E-state index in [0.29, 0.717) is 0 Å². The van der Waals surface area contributed by atoms with Crippen LogP contribution in [-0.4, -0.2) is 22.0 Å². The van der Waals surface area contributed by atoms with Crippen molar-refractivity contribution in [3.63, 3.8) is 0 Å². The third kappa shape index (κ3) is 11.8. The average Bonchev–Trinajstić information content (AvgIpc) is 1.55. The van der Waals surface area contributed by atoms with Crippen molar-refractivity contribution in [2.24, 2.45) is 0 Å². The fourth-order valence-corrected chi connectivity index (χ4v) is 24.1. The van der Waals surface area contributed by atoms with Crippen LogP contribution < -0.4 is 41.3 Å². The van der Waals surface area contributed by atoms with Crippen molar-refractivity contribution in [2.45, 2.75) is 0 Å². The molecule has 0 aromatic rings. The van der Waals surface area contributed by atoms with Crippen LogP contribution in [0, 0.1) is 0 Å². The fourth-order valence-electron chi connectivity index (χ4n) is 0.138. The van der Waals surface area contributed by atoms with Gasteiger partial charge in [-0.2, -0.15) is 0 Å². The van der Waals surface area contributed by atoms with Crippen molar-refractivity contribution in [3.8, 4) is 0 Å². The van der Waals surface area contributed by atoms with Crippen molar-refractivity contribution < 1.29 is 70.0 Å². The summed E-state index contributed by atoms with van der Waals surface area (Å²) in [7, 11) is 0. The Morgan fingerprint density at radius 3 is 1.36 bits per heavy atom. The number of halogens is 2. The van der Waals surface area contributed by atoms with Crippen LogP contribution in [0.3, 0.4) is 0 Å². The Kier molecular flexibility index (Phi) is 5.62. The van der Waals surface area contributed by atoms with Crippen LogP contribution in [0.2, 0.25) is 0 Å². The molecular formula is CH6I2O6P2-2. The van der Waals surface area contributed by atoms with Gasteiger partial charge in [0, 0.05) is 0 Å².